The summed E-state index contributed by atoms with van der Waals surface area (Å²) < 4.78 is 0. The number of nitrogens with zero attached hydrogens (tertiary/aromatic N) is 4. The molecule has 8 heteroatoms. The first kappa shape index (κ1) is 27.5. The van der Waals surface area contributed by atoms with Crippen LogP contribution in [-0.2, 0) is 25.7 Å². The van der Waals surface area contributed by atoms with Crippen LogP contribution in [0.15, 0.2) is 45.8 Å². The average Bonchev–Trinajstić information content (AvgIpc) is 3.74. The van der Waals surface area contributed by atoms with Crippen molar-refractivity contribution >= 4 is 56.5 Å². The van der Waals surface area contributed by atoms with Gasteiger partial charge < -0.3 is 0 Å². The van der Waals surface area contributed by atoms with Crippen LogP contribution in [0.4, 0.5) is 0 Å². The molecule has 0 unspecified atom stereocenters. The molecule has 38 heavy (non-hydrogen) atoms. The van der Waals surface area contributed by atoms with Crippen molar-refractivity contribution < 1.29 is 0 Å². The van der Waals surface area contributed by atoms with Crippen molar-refractivity contribution in [3.63, 3.8) is 0 Å². The fraction of sp³-hybridized carbons (Fsp3) is 0.267. The summed E-state index contributed by atoms with van der Waals surface area (Å²) in [5.74, 6) is 0. The molecule has 0 spiro atoms. The molecule has 4 aromatic rings. The van der Waals surface area contributed by atoms with Gasteiger partial charge in [-0.15, -0.1) is 45.3 Å². The number of hydrogen-bond acceptors (Lipinski definition) is 8. The maximum atomic E-state index is 9.09. The minimum Gasteiger partial charge on any atom is -0.198 e. The van der Waals surface area contributed by atoms with Gasteiger partial charge in [0.05, 0.1) is 24.3 Å². The molecule has 0 bridgehead atoms. The lowest BCUT2D eigenvalue weighted by Crippen LogP contribution is -1.92. The Morgan fingerprint density at radius 2 is 0.684 bits per heavy atom. The minimum absolute atomic E-state index is 0.486. The Bertz CT molecular complexity index is 1350. The van der Waals surface area contributed by atoms with Crippen LogP contribution in [0.1, 0.15) is 67.4 Å². The summed E-state index contributed by atoms with van der Waals surface area (Å²) >= 11 is 6.80. The van der Waals surface area contributed by atoms with Gasteiger partial charge in [-0.1, -0.05) is 0 Å². The van der Waals surface area contributed by atoms with E-state index >= 15 is 0 Å². The summed E-state index contributed by atoms with van der Waals surface area (Å²) in [7, 11) is 0. The van der Waals surface area contributed by atoms with Gasteiger partial charge in [0.2, 0.25) is 0 Å². The van der Waals surface area contributed by atoms with Crippen molar-refractivity contribution in [2.45, 2.75) is 51.4 Å². The Labute approximate surface area is 239 Å². The van der Waals surface area contributed by atoms with Gasteiger partial charge in [-0.05, 0) is 93.7 Å². The van der Waals surface area contributed by atoms with E-state index in [9.17, 15) is 0 Å². The highest BCUT2D eigenvalue weighted by atomic mass is 32.1. The molecule has 4 rings (SSSR count). The molecule has 0 saturated carbocycles. The molecule has 4 aromatic heterocycles. The van der Waals surface area contributed by atoms with Gasteiger partial charge in [0.1, 0.15) is 0 Å². The molecule has 0 fully saturated rings. The Morgan fingerprint density at radius 3 is 0.895 bits per heavy atom. The smallest absolute Gasteiger partial charge is 0.0625 e. The lowest BCUT2D eigenvalue weighted by Gasteiger charge is -2.12. The Balaban J connectivity index is 1.92. The minimum atomic E-state index is 0.486. The molecule has 0 aliphatic carbocycles. The van der Waals surface area contributed by atoms with Gasteiger partial charge in [-0.3, -0.25) is 0 Å². The fourth-order valence-electron chi connectivity index (χ4n) is 4.09. The lowest BCUT2D eigenvalue weighted by molar-refractivity contribution is 1.02. The third-order valence-electron chi connectivity index (χ3n) is 5.95. The second-order valence-electron chi connectivity index (χ2n) is 8.66. The molecule has 4 heterocycles. The average molecular weight is 569 g/mol. The Morgan fingerprint density at radius 1 is 0.447 bits per heavy atom. The van der Waals surface area contributed by atoms with Gasteiger partial charge in [-0.2, -0.15) is 21.0 Å². The molecule has 4 nitrogen and oxygen atoms in total. The Hall–Kier alpha value is -3.50. The summed E-state index contributed by atoms with van der Waals surface area (Å²) in [5, 5.41) is 45.0. The van der Waals surface area contributed by atoms with Crippen LogP contribution >= 0.6 is 45.3 Å². The number of hydrogen-bond donors (Lipinski definition) is 0. The van der Waals surface area contributed by atoms with Gasteiger partial charge in [0, 0.05) is 56.3 Å². The highest BCUT2D eigenvalue weighted by Crippen LogP contribution is 2.45. The predicted molar refractivity (Wildman–Crippen MR) is 158 cm³/mol. The van der Waals surface area contributed by atoms with Crippen molar-refractivity contribution in [2.24, 2.45) is 0 Å². The number of thiophene rings is 4. The number of nitriles is 4. The third kappa shape index (κ3) is 6.87. The van der Waals surface area contributed by atoms with E-state index in [1.54, 1.807) is 45.3 Å². The van der Waals surface area contributed by atoms with E-state index in [-0.39, 0.29) is 0 Å². The zero-order chi connectivity index (χ0) is 26.7. The van der Waals surface area contributed by atoms with Gasteiger partial charge in [0.15, 0.2) is 0 Å². The fourth-order valence-corrected chi connectivity index (χ4v) is 8.27. The lowest BCUT2D eigenvalue weighted by atomic mass is 9.98. The molecule has 0 aromatic carbocycles. The van der Waals surface area contributed by atoms with Crippen molar-refractivity contribution in [3.8, 4) is 24.3 Å². The normalized spacial score (nSPS) is 10.3. The van der Waals surface area contributed by atoms with Crippen LogP contribution in [-0.4, -0.2) is 0 Å². The molecule has 0 saturated heterocycles. The van der Waals surface area contributed by atoms with Crippen LogP contribution in [0.5, 0.6) is 0 Å². The standard InChI is InChI=1S/C30H24N4S4/c31-9-1-5-21-13-25(35-17-21)29(26-14-22(18-36-26)6-2-10-32)30(27-15-23(19-37-27)7-3-11-33)28-16-24(20-38-28)8-4-12-34/h13-20H,1-8H2. The highest BCUT2D eigenvalue weighted by Gasteiger charge is 2.22. The maximum Gasteiger partial charge on any atom is 0.0625 e. The first-order valence-corrected chi connectivity index (χ1v) is 15.7. The molecule has 0 aliphatic heterocycles. The second kappa shape index (κ2) is 13.9. The number of aryl methyl sites for hydroxylation is 4. The van der Waals surface area contributed by atoms with Crippen molar-refractivity contribution in [3.05, 3.63) is 87.5 Å². The van der Waals surface area contributed by atoms with E-state index in [0.29, 0.717) is 25.7 Å². The summed E-state index contributed by atoms with van der Waals surface area (Å²) in [5.41, 5.74) is 6.96. The van der Waals surface area contributed by atoms with E-state index in [1.165, 1.54) is 0 Å². The van der Waals surface area contributed by atoms with Crippen LogP contribution in [0.2, 0.25) is 0 Å². The topological polar surface area (TPSA) is 95.2 Å². The number of rotatable bonds is 12. The third-order valence-corrected chi connectivity index (χ3v) is 9.94. The quantitative estimate of drug-likeness (QED) is 0.171. The summed E-state index contributed by atoms with van der Waals surface area (Å²) in [6.45, 7) is 0. The van der Waals surface area contributed by atoms with Crippen LogP contribution in [0, 0.1) is 45.3 Å². The summed E-state index contributed by atoms with van der Waals surface area (Å²) in [6.07, 6.45) is 4.84. The van der Waals surface area contributed by atoms with E-state index in [1.807, 2.05) is 0 Å². The molecule has 0 amide bonds. The molecule has 0 N–H and O–H groups in total. The zero-order valence-corrected chi connectivity index (χ0v) is 24.0. The van der Waals surface area contributed by atoms with E-state index in [2.05, 4.69) is 70.1 Å². The Kier molecular flexibility index (Phi) is 10.1. The molecular formula is C30H24N4S4. The molecule has 0 aliphatic rings. The monoisotopic (exact) mass is 568 g/mol. The highest BCUT2D eigenvalue weighted by molar-refractivity contribution is 7.16. The van der Waals surface area contributed by atoms with Crippen molar-refractivity contribution in [1.29, 1.82) is 21.0 Å². The van der Waals surface area contributed by atoms with Gasteiger partial charge in [0.25, 0.3) is 0 Å². The molecule has 0 radical (unpaired) electrons. The molecular weight excluding hydrogens is 545 g/mol. The van der Waals surface area contributed by atoms with E-state index in [0.717, 1.165) is 78.6 Å². The second-order valence-corrected chi connectivity index (χ2v) is 12.3. The van der Waals surface area contributed by atoms with E-state index in [4.69, 9.17) is 21.0 Å². The SMILES string of the molecule is N#CCCc1csc(C(=C(c2cc(CCC#N)cs2)c2cc(CCC#N)cs2)c2cc(CCC#N)cs2)c1. The molecule has 188 valence electrons. The van der Waals surface area contributed by atoms with E-state index < -0.39 is 0 Å². The van der Waals surface area contributed by atoms with Crippen molar-refractivity contribution in [2.75, 3.05) is 0 Å². The predicted octanol–water partition coefficient (Wildman–Crippen LogP) is 8.76. The van der Waals surface area contributed by atoms with Gasteiger partial charge >= 0.3 is 0 Å². The largest absolute Gasteiger partial charge is 0.198 e. The first-order chi connectivity index (χ1) is 18.7. The van der Waals surface area contributed by atoms with Crippen molar-refractivity contribution in [1.82, 2.24) is 0 Å². The van der Waals surface area contributed by atoms with Gasteiger partial charge in [-0.25, -0.2) is 0 Å². The zero-order valence-electron chi connectivity index (χ0n) is 20.7. The first-order valence-electron chi connectivity index (χ1n) is 12.2. The van der Waals surface area contributed by atoms with Crippen LogP contribution in [0.3, 0.4) is 0 Å². The summed E-state index contributed by atoms with van der Waals surface area (Å²) in [4.78, 5) is 4.61. The van der Waals surface area contributed by atoms with Crippen LogP contribution < -0.4 is 0 Å². The summed E-state index contributed by atoms with van der Waals surface area (Å²) in [6, 6.07) is 17.8. The maximum absolute atomic E-state index is 9.09. The van der Waals surface area contributed by atoms with Crippen LogP contribution in [0.25, 0.3) is 11.1 Å². The molecule has 0 atom stereocenters.